The number of nitrogens with one attached hydrogen (secondary N) is 1. The number of amides is 1. The van der Waals surface area contributed by atoms with Gasteiger partial charge in [-0.2, -0.15) is 9.98 Å². The Morgan fingerprint density at radius 3 is 2.56 bits per heavy atom. The molecule has 9 heteroatoms. The summed E-state index contributed by atoms with van der Waals surface area (Å²) in [4.78, 5) is 15.2. The summed E-state index contributed by atoms with van der Waals surface area (Å²) in [6.45, 7) is 3.31. The lowest BCUT2D eigenvalue weighted by atomic mass is 9.93. The Balaban J connectivity index is 1.56. The van der Waals surface area contributed by atoms with Crippen molar-refractivity contribution < 1.29 is 13.2 Å². The molecule has 4 rings (SSSR count). The zero-order valence-corrected chi connectivity index (χ0v) is 19.6. The number of nitrogens with zero attached hydrogens (tertiary/aromatic N) is 3. The van der Waals surface area contributed by atoms with Gasteiger partial charge in [-0.05, 0) is 68.2 Å². The highest BCUT2D eigenvalue weighted by atomic mass is 35.5. The van der Waals surface area contributed by atoms with E-state index in [1.165, 1.54) is 18.9 Å². The summed E-state index contributed by atoms with van der Waals surface area (Å²) in [5.74, 6) is -0.223. The molecule has 2 aliphatic rings. The number of benzene rings is 1. The summed E-state index contributed by atoms with van der Waals surface area (Å²) in [5, 5.41) is 9.38. The summed E-state index contributed by atoms with van der Waals surface area (Å²) >= 11 is 6.21. The monoisotopic (exact) mass is 474 g/mol. The normalized spacial score (nSPS) is 18.3. The van der Waals surface area contributed by atoms with Gasteiger partial charge in [-0.25, -0.2) is 8.42 Å². The van der Waals surface area contributed by atoms with Crippen LogP contribution in [0.4, 0.5) is 0 Å². The molecule has 1 amide bonds. The van der Waals surface area contributed by atoms with Crippen LogP contribution in [-0.2, 0) is 21.4 Å². The molecule has 1 saturated heterocycles. The average Bonchev–Trinajstić information content (AvgIpc) is 3.34. The molecular formula is C23H27ClN4O3S. The second-order valence-corrected chi connectivity index (χ2v) is 10.9. The standard InChI is InChI=1S/C23H27ClN4O3S/c1-17-4-2-6-19(24)21(17)32(30,31)26-20(7-13-27-12-3-5-18(27)16-25)22(29)28-14-10-23(8-9-23)11-15-28/h2-6,12,20,26H,7-11,13-15H2,1H3. The molecule has 1 N–H and O–H groups in total. The number of sulfonamides is 1. The Morgan fingerprint density at radius 2 is 1.94 bits per heavy atom. The first-order valence-electron chi connectivity index (χ1n) is 10.9. The predicted molar refractivity (Wildman–Crippen MR) is 122 cm³/mol. The van der Waals surface area contributed by atoms with Crippen molar-refractivity contribution in [3.63, 3.8) is 0 Å². The molecular weight excluding hydrogens is 448 g/mol. The Hall–Kier alpha value is -2.34. The van der Waals surface area contributed by atoms with Crippen LogP contribution in [0.3, 0.4) is 0 Å². The lowest BCUT2D eigenvalue weighted by Crippen LogP contribution is -2.51. The highest BCUT2D eigenvalue weighted by Crippen LogP contribution is 2.53. The van der Waals surface area contributed by atoms with Gasteiger partial charge in [0.1, 0.15) is 22.7 Å². The zero-order valence-electron chi connectivity index (χ0n) is 18.1. The summed E-state index contributed by atoms with van der Waals surface area (Å²) in [6, 6.07) is 9.50. The number of carbonyl (C=O) groups is 1. The van der Waals surface area contributed by atoms with Crippen LogP contribution in [0.25, 0.3) is 0 Å². The fourth-order valence-corrected chi connectivity index (χ4v) is 6.57. The lowest BCUT2D eigenvalue weighted by molar-refractivity contribution is -0.134. The quantitative estimate of drug-likeness (QED) is 0.664. The molecule has 1 aliphatic carbocycles. The number of rotatable bonds is 7. The molecule has 1 spiro atoms. The molecule has 2 aromatic rings. The smallest absolute Gasteiger partial charge is 0.243 e. The minimum Gasteiger partial charge on any atom is -0.341 e. The minimum atomic E-state index is -4.03. The van der Waals surface area contributed by atoms with E-state index in [-0.39, 0.29) is 22.2 Å². The Kier molecular flexibility index (Phi) is 6.35. The number of hydrogen-bond donors (Lipinski definition) is 1. The summed E-state index contributed by atoms with van der Waals surface area (Å²) < 4.78 is 30.8. The molecule has 170 valence electrons. The van der Waals surface area contributed by atoms with E-state index >= 15 is 0 Å². The van der Waals surface area contributed by atoms with Crippen molar-refractivity contribution in [1.82, 2.24) is 14.2 Å². The molecule has 1 aromatic heterocycles. The molecule has 0 bridgehead atoms. The first-order valence-corrected chi connectivity index (χ1v) is 12.7. The maximum atomic E-state index is 13.4. The number of hydrogen-bond acceptors (Lipinski definition) is 4. The fraction of sp³-hybridized carbons (Fsp3) is 0.478. The predicted octanol–water partition coefficient (Wildman–Crippen LogP) is 3.46. The topological polar surface area (TPSA) is 95.2 Å². The first-order chi connectivity index (χ1) is 15.2. The van der Waals surface area contributed by atoms with Gasteiger partial charge in [-0.3, -0.25) is 4.79 Å². The van der Waals surface area contributed by atoms with E-state index in [1.54, 1.807) is 46.9 Å². The number of nitriles is 1. The van der Waals surface area contributed by atoms with E-state index < -0.39 is 16.1 Å². The van der Waals surface area contributed by atoms with Crippen LogP contribution in [0.15, 0.2) is 41.4 Å². The second kappa shape index (κ2) is 8.89. The van der Waals surface area contributed by atoms with Crippen molar-refractivity contribution in [3.05, 3.63) is 52.8 Å². The lowest BCUT2D eigenvalue weighted by Gasteiger charge is -2.34. The Bertz CT molecular complexity index is 1130. The molecule has 1 saturated carbocycles. The van der Waals surface area contributed by atoms with Gasteiger partial charge in [-0.1, -0.05) is 23.7 Å². The summed E-state index contributed by atoms with van der Waals surface area (Å²) in [6.07, 6.45) is 6.37. The van der Waals surface area contributed by atoms with Crippen molar-refractivity contribution in [2.24, 2.45) is 5.41 Å². The van der Waals surface area contributed by atoms with Gasteiger partial charge in [-0.15, -0.1) is 0 Å². The SMILES string of the molecule is Cc1cccc(Cl)c1S(=O)(=O)NC(CCn1cccc1C#N)C(=O)N1CCC2(CC1)CC2. The van der Waals surface area contributed by atoms with E-state index in [4.69, 9.17) is 11.6 Å². The number of piperidine rings is 1. The Labute approximate surface area is 194 Å². The van der Waals surface area contributed by atoms with E-state index in [9.17, 15) is 18.5 Å². The molecule has 1 aromatic carbocycles. The van der Waals surface area contributed by atoms with Crippen molar-refractivity contribution >= 4 is 27.5 Å². The van der Waals surface area contributed by atoms with Gasteiger partial charge >= 0.3 is 0 Å². The van der Waals surface area contributed by atoms with Crippen molar-refractivity contribution in [1.29, 1.82) is 5.26 Å². The van der Waals surface area contributed by atoms with Crippen LogP contribution >= 0.6 is 11.6 Å². The van der Waals surface area contributed by atoms with E-state index in [0.29, 0.717) is 36.3 Å². The number of aryl methyl sites for hydroxylation is 2. The van der Waals surface area contributed by atoms with E-state index in [2.05, 4.69) is 10.8 Å². The van der Waals surface area contributed by atoms with Gasteiger partial charge in [0.25, 0.3) is 0 Å². The van der Waals surface area contributed by atoms with Crippen molar-refractivity contribution in [2.75, 3.05) is 13.1 Å². The van der Waals surface area contributed by atoms with Gasteiger partial charge in [0.05, 0.1) is 5.02 Å². The summed E-state index contributed by atoms with van der Waals surface area (Å²) in [5.41, 5.74) is 1.39. The first kappa shape index (κ1) is 22.8. The third kappa shape index (κ3) is 4.70. The van der Waals surface area contributed by atoms with Crippen LogP contribution in [0.5, 0.6) is 0 Å². The summed E-state index contributed by atoms with van der Waals surface area (Å²) in [7, 11) is -4.03. The second-order valence-electron chi connectivity index (χ2n) is 8.87. The number of likely N-dealkylation sites (tertiary alicyclic amines) is 1. The number of carbonyl (C=O) groups excluding carboxylic acids is 1. The van der Waals surface area contributed by atoms with Crippen LogP contribution in [0.1, 0.15) is 43.4 Å². The molecule has 7 nitrogen and oxygen atoms in total. The minimum absolute atomic E-state index is 0.00581. The highest BCUT2D eigenvalue weighted by Gasteiger charge is 2.45. The van der Waals surface area contributed by atoms with Crippen molar-refractivity contribution in [3.8, 4) is 6.07 Å². The third-order valence-corrected chi connectivity index (χ3v) is 8.82. The van der Waals surface area contributed by atoms with Crippen LogP contribution in [-0.4, -0.2) is 42.9 Å². The highest BCUT2D eigenvalue weighted by molar-refractivity contribution is 7.89. The van der Waals surface area contributed by atoms with E-state index in [1.807, 2.05) is 0 Å². The van der Waals surface area contributed by atoms with Gasteiger partial charge in [0.2, 0.25) is 15.9 Å². The number of aromatic nitrogens is 1. The zero-order chi connectivity index (χ0) is 22.9. The van der Waals surface area contributed by atoms with Crippen LogP contribution < -0.4 is 4.72 Å². The van der Waals surface area contributed by atoms with E-state index in [0.717, 1.165) is 12.8 Å². The maximum absolute atomic E-state index is 13.4. The van der Waals surface area contributed by atoms with Crippen molar-refractivity contribution in [2.45, 2.75) is 56.5 Å². The van der Waals surface area contributed by atoms with Gasteiger partial charge in [0.15, 0.2) is 0 Å². The molecule has 2 heterocycles. The fourth-order valence-electron chi connectivity index (χ4n) is 4.51. The largest absolute Gasteiger partial charge is 0.341 e. The molecule has 1 atom stereocenters. The van der Waals surface area contributed by atoms with Gasteiger partial charge < -0.3 is 9.47 Å². The van der Waals surface area contributed by atoms with Crippen LogP contribution in [0, 0.1) is 23.7 Å². The van der Waals surface area contributed by atoms with Gasteiger partial charge in [0, 0.05) is 25.8 Å². The molecule has 1 aliphatic heterocycles. The molecule has 0 radical (unpaired) electrons. The maximum Gasteiger partial charge on any atom is 0.243 e. The molecule has 1 unspecified atom stereocenters. The Morgan fingerprint density at radius 1 is 1.22 bits per heavy atom. The third-order valence-electron chi connectivity index (χ3n) is 6.72. The average molecular weight is 475 g/mol. The number of halogens is 1. The molecule has 2 fully saturated rings. The van der Waals surface area contributed by atoms with Crippen LogP contribution in [0.2, 0.25) is 5.02 Å². The molecule has 32 heavy (non-hydrogen) atoms.